The molecule has 1 atom stereocenters. The molecule has 0 bridgehead atoms. The summed E-state index contributed by atoms with van der Waals surface area (Å²) in [5.74, 6) is 0.205. The molecule has 0 saturated carbocycles. The van der Waals surface area contributed by atoms with Crippen LogP contribution in [-0.4, -0.2) is 48.0 Å². The lowest BCUT2D eigenvalue weighted by Gasteiger charge is -2.15. The number of aromatic nitrogens is 1. The lowest BCUT2D eigenvalue weighted by Crippen LogP contribution is -2.34. The van der Waals surface area contributed by atoms with Crippen LogP contribution in [0.3, 0.4) is 0 Å². The lowest BCUT2D eigenvalue weighted by molar-refractivity contribution is -0.130. The Hall–Kier alpha value is -4.14. The average Bonchev–Trinajstić information content (AvgIpc) is 3.06. The molecular weight excluding hydrogens is 412 g/mol. The van der Waals surface area contributed by atoms with Crippen LogP contribution < -0.4 is 20.1 Å². The topological polar surface area (TPSA) is 110 Å². The van der Waals surface area contributed by atoms with Crippen molar-refractivity contribution in [3.05, 3.63) is 60.3 Å². The second-order valence-electron chi connectivity index (χ2n) is 7.24. The van der Waals surface area contributed by atoms with Gasteiger partial charge in [-0.3, -0.25) is 19.5 Å². The van der Waals surface area contributed by atoms with Crippen molar-refractivity contribution >= 4 is 34.4 Å². The molecule has 0 spiro atoms. The highest BCUT2D eigenvalue weighted by atomic mass is 16.5. The highest BCUT2D eigenvalue weighted by Crippen LogP contribution is 2.28. The Morgan fingerprint density at radius 1 is 1.09 bits per heavy atom. The normalized spacial score (nSPS) is 15.6. The number of methoxy groups -OCH3 is 2. The Bertz CT molecular complexity index is 1190. The molecule has 4 amide bonds. The minimum absolute atomic E-state index is 0.0537. The zero-order valence-electron chi connectivity index (χ0n) is 17.6. The Labute approximate surface area is 184 Å². The van der Waals surface area contributed by atoms with Crippen molar-refractivity contribution in [2.24, 2.45) is 0 Å². The molecule has 3 aromatic rings. The van der Waals surface area contributed by atoms with Crippen LogP contribution in [0, 0.1) is 0 Å². The van der Waals surface area contributed by atoms with Crippen LogP contribution >= 0.6 is 0 Å². The van der Waals surface area contributed by atoms with Gasteiger partial charge in [0, 0.05) is 11.6 Å². The predicted molar refractivity (Wildman–Crippen MR) is 117 cm³/mol. The van der Waals surface area contributed by atoms with Crippen molar-refractivity contribution in [2.75, 3.05) is 19.5 Å². The third-order valence-electron chi connectivity index (χ3n) is 5.20. The molecule has 1 saturated heterocycles. The standard InChI is InChI=1S/C23H22N4O5/c1-31-19-9-8-14(11-20(19)32-2)13-27-22(29)18(26-23(27)30)12-21(28)25-17-7-3-6-16-15(17)5-4-10-24-16/h3-11,18H,12-13H2,1-2H3,(H,25,28)(H,26,30). The Morgan fingerprint density at radius 2 is 1.91 bits per heavy atom. The second-order valence-corrected chi connectivity index (χ2v) is 7.24. The van der Waals surface area contributed by atoms with Gasteiger partial charge in [-0.1, -0.05) is 12.1 Å². The van der Waals surface area contributed by atoms with Crippen LogP contribution in [-0.2, 0) is 16.1 Å². The van der Waals surface area contributed by atoms with Gasteiger partial charge in [0.25, 0.3) is 5.91 Å². The molecule has 0 aliphatic carbocycles. The SMILES string of the molecule is COc1ccc(CN2C(=O)NC(CC(=O)Nc3cccc4ncccc34)C2=O)cc1OC. The number of amides is 4. The molecule has 0 radical (unpaired) electrons. The average molecular weight is 434 g/mol. The van der Waals surface area contributed by atoms with Gasteiger partial charge in [-0.15, -0.1) is 0 Å². The number of benzene rings is 2. The maximum absolute atomic E-state index is 12.8. The number of nitrogens with zero attached hydrogens (tertiary/aromatic N) is 2. The third kappa shape index (κ3) is 4.18. The number of carbonyl (C=O) groups is 3. The maximum Gasteiger partial charge on any atom is 0.325 e. The molecular formula is C23H22N4O5. The molecule has 1 unspecified atom stereocenters. The van der Waals surface area contributed by atoms with Gasteiger partial charge in [0.15, 0.2) is 11.5 Å². The lowest BCUT2D eigenvalue weighted by atomic mass is 10.1. The molecule has 1 aliphatic rings. The molecule has 1 fully saturated rings. The fraction of sp³-hybridized carbons (Fsp3) is 0.217. The summed E-state index contributed by atoms with van der Waals surface area (Å²) in [5.41, 5.74) is 2.04. The summed E-state index contributed by atoms with van der Waals surface area (Å²) in [6, 6.07) is 12.7. The zero-order chi connectivity index (χ0) is 22.7. The number of nitrogens with one attached hydrogen (secondary N) is 2. The Morgan fingerprint density at radius 3 is 2.69 bits per heavy atom. The summed E-state index contributed by atoms with van der Waals surface area (Å²) >= 11 is 0. The van der Waals surface area contributed by atoms with Gasteiger partial charge in [-0.2, -0.15) is 0 Å². The van der Waals surface area contributed by atoms with Crippen LogP contribution in [0.5, 0.6) is 11.5 Å². The molecule has 2 N–H and O–H groups in total. The van der Waals surface area contributed by atoms with E-state index in [0.717, 1.165) is 15.8 Å². The molecule has 164 valence electrons. The van der Waals surface area contributed by atoms with Crippen molar-refractivity contribution in [1.29, 1.82) is 0 Å². The number of hydrogen-bond acceptors (Lipinski definition) is 6. The fourth-order valence-electron chi connectivity index (χ4n) is 3.63. The number of anilines is 1. The molecule has 4 rings (SSSR count). The highest BCUT2D eigenvalue weighted by Gasteiger charge is 2.39. The van der Waals surface area contributed by atoms with Crippen molar-refractivity contribution in [3.8, 4) is 11.5 Å². The summed E-state index contributed by atoms with van der Waals surface area (Å²) < 4.78 is 10.5. The maximum atomic E-state index is 12.8. The molecule has 2 heterocycles. The van der Waals surface area contributed by atoms with E-state index in [0.29, 0.717) is 22.7 Å². The number of fused-ring (bicyclic) bond motifs is 1. The number of ether oxygens (including phenoxy) is 2. The van der Waals surface area contributed by atoms with Gasteiger partial charge < -0.3 is 20.1 Å². The van der Waals surface area contributed by atoms with Crippen molar-refractivity contribution in [2.45, 2.75) is 19.0 Å². The Balaban J connectivity index is 1.43. The largest absolute Gasteiger partial charge is 0.493 e. The number of urea groups is 1. The first-order valence-corrected chi connectivity index (χ1v) is 9.96. The van der Waals surface area contributed by atoms with Gasteiger partial charge in [0.1, 0.15) is 6.04 Å². The van der Waals surface area contributed by atoms with Gasteiger partial charge in [0.2, 0.25) is 5.91 Å². The van der Waals surface area contributed by atoms with Crippen LogP contribution in [0.15, 0.2) is 54.7 Å². The van der Waals surface area contributed by atoms with Crippen LogP contribution in [0.1, 0.15) is 12.0 Å². The van der Waals surface area contributed by atoms with E-state index >= 15 is 0 Å². The molecule has 1 aromatic heterocycles. The summed E-state index contributed by atoms with van der Waals surface area (Å²) in [4.78, 5) is 43.1. The van der Waals surface area contributed by atoms with Gasteiger partial charge >= 0.3 is 6.03 Å². The van der Waals surface area contributed by atoms with E-state index in [9.17, 15) is 14.4 Å². The number of rotatable bonds is 7. The predicted octanol–water partition coefficient (Wildman–Crippen LogP) is 2.70. The van der Waals surface area contributed by atoms with Crippen molar-refractivity contribution in [1.82, 2.24) is 15.2 Å². The zero-order valence-corrected chi connectivity index (χ0v) is 17.6. The van der Waals surface area contributed by atoms with E-state index in [4.69, 9.17) is 9.47 Å². The quantitative estimate of drug-likeness (QED) is 0.554. The van der Waals surface area contributed by atoms with Crippen LogP contribution in [0.4, 0.5) is 10.5 Å². The number of hydrogen-bond donors (Lipinski definition) is 2. The molecule has 2 aromatic carbocycles. The first-order chi connectivity index (χ1) is 15.5. The summed E-state index contributed by atoms with van der Waals surface area (Å²) in [6.45, 7) is 0.0537. The second kappa shape index (κ2) is 8.93. The first-order valence-electron chi connectivity index (χ1n) is 9.96. The smallest absolute Gasteiger partial charge is 0.325 e. The number of pyridine rings is 1. The number of imide groups is 1. The minimum Gasteiger partial charge on any atom is -0.493 e. The van der Waals surface area contributed by atoms with Gasteiger partial charge in [-0.25, -0.2) is 4.79 Å². The van der Waals surface area contributed by atoms with E-state index in [-0.39, 0.29) is 18.9 Å². The molecule has 9 nitrogen and oxygen atoms in total. The van der Waals surface area contributed by atoms with E-state index in [1.807, 2.05) is 12.1 Å². The fourth-order valence-corrected chi connectivity index (χ4v) is 3.63. The van der Waals surface area contributed by atoms with Gasteiger partial charge in [0.05, 0.1) is 38.4 Å². The van der Waals surface area contributed by atoms with E-state index in [2.05, 4.69) is 15.6 Å². The minimum atomic E-state index is -0.934. The number of carbonyl (C=O) groups excluding carboxylic acids is 3. The summed E-state index contributed by atoms with van der Waals surface area (Å²) in [7, 11) is 3.04. The van der Waals surface area contributed by atoms with E-state index in [1.54, 1.807) is 42.6 Å². The highest BCUT2D eigenvalue weighted by molar-refractivity contribution is 6.08. The van der Waals surface area contributed by atoms with E-state index < -0.39 is 18.0 Å². The summed E-state index contributed by atoms with van der Waals surface area (Å²) in [6.07, 6.45) is 1.50. The van der Waals surface area contributed by atoms with Crippen molar-refractivity contribution < 1.29 is 23.9 Å². The van der Waals surface area contributed by atoms with Crippen molar-refractivity contribution in [3.63, 3.8) is 0 Å². The Kier molecular flexibility index (Phi) is 5.89. The van der Waals surface area contributed by atoms with Gasteiger partial charge in [-0.05, 0) is 42.0 Å². The third-order valence-corrected chi connectivity index (χ3v) is 5.20. The van der Waals surface area contributed by atoms with E-state index in [1.165, 1.54) is 14.2 Å². The van der Waals surface area contributed by atoms with Crippen LogP contribution in [0.2, 0.25) is 0 Å². The molecule has 32 heavy (non-hydrogen) atoms. The molecule has 1 aliphatic heterocycles. The van der Waals surface area contributed by atoms with Crippen LogP contribution in [0.25, 0.3) is 10.9 Å². The summed E-state index contributed by atoms with van der Waals surface area (Å²) in [5, 5.41) is 6.19. The first kappa shape index (κ1) is 21.1. The molecule has 9 heteroatoms. The monoisotopic (exact) mass is 434 g/mol.